The lowest BCUT2D eigenvalue weighted by Crippen LogP contribution is -2.21. The van der Waals surface area contributed by atoms with Crippen molar-refractivity contribution in [3.8, 4) is 0 Å². The number of benzene rings is 1. The highest BCUT2D eigenvalue weighted by molar-refractivity contribution is 5.93. The van der Waals surface area contributed by atoms with Crippen LogP contribution in [0.3, 0.4) is 0 Å². The predicted molar refractivity (Wildman–Crippen MR) is 66.1 cm³/mol. The molecule has 2 N–H and O–H groups in total. The summed E-state index contributed by atoms with van der Waals surface area (Å²) in [6.45, 7) is 3.95. The molecule has 92 valence electrons. The molecule has 4 heteroatoms. The number of amides is 1. The molecule has 0 unspecified atom stereocenters. The minimum Gasteiger partial charge on any atom is -0.478 e. The number of hydrogen-bond donors (Lipinski definition) is 2. The molecule has 17 heavy (non-hydrogen) atoms. The molecule has 1 rings (SSSR count). The van der Waals surface area contributed by atoms with Crippen LogP contribution in [0.15, 0.2) is 24.3 Å². The van der Waals surface area contributed by atoms with E-state index in [4.69, 9.17) is 5.11 Å². The van der Waals surface area contributed by atoms with Crippen molar-refractivity contribution in [1.29, 1.82) is 0 Å². The van der Waals surface area contributed by atoms with Gasteiger partial charge in [-0.25, -0.2) is 4.79 Å². The molecule has 0 spiro atoms. The van der Waals surface area contributed by atoms with Gasteiger partial charge in [-0.1, -0.05) is 13.8 Å². The molecular formula is C13H17NO3. The molecule has 0 bridgehead atoms. The van der Waals surface area contributed by atoms with Crippen molar-refractivity contribution in [2.45, 2.75) is 26.7 Å². The molecular weight excluding hydrogens is 218 g/mol. The predicted octanol–water partition coefficient (Wildman–Crippen LogP) is 2.76. The second kappa shape index (κ2) is 6.03. The molecule has 0 aliphatic carbocycles. The van der Waals surface area contributed by atoms with Gasteiger partial charge in [0.15, 0.2) is 0 Å². The van der Waals surface area contributed by atoms with E-state index in [1.807, 2.05) is 13.8 Å². The Kier molecular flexibility index (Phi) is 4.69. The maximum atomic E-state index is 11.8. The van der Waals surface area contributed by atoms with Gasteiger partial charge in [0.2, 0.25) is 5.91 Å². The number of carbonyl (C=O) groups is 2. The van der Waals surface area contributed by atoms with Gasteiger partial charge < -0.3 is 10.4 Å². The van der Waals surface area contributed by atoms with Crippen molar-refractivity contribution in [2.24, 2.45) is 5.92 Å². The highest BCUT2D eigenvalue weighted by Crippen LogP contribution is 2.14. The Morgan fingerprint density at radius 3 is 2.12 bits per heavy atom. The third-order valence-electron chi connectivity index (χ3n) is 2.76. The average Bonchev–Trinajstić information content (AvgIpc) is 2.31. The van der Waals surface area contributed by atoms with Gasteiger partial charge in [0.25, 0.3) is 0 Å². The van der Waals surface area contributed by atoms with E-state index >= 15 is 0 Å². The molecule has 1 aromatic carbocycles. The van der Waals surface area contributed by atoms with Gasteiger partial charge in [-0.2, -0.15) is 0 Å². The van der Waals surface area contributed by atoms with Crippen LogP contribution in [-0.2, 0) is 4.79 Å². The van der Waals surface area contributed by atoms with Gasteiger partial charge in [0, 0.05) is 11.6 Å². The maximum absolute atomic E-state index is 11.8. The topological polar surface area (TPSA) is 66.4 Å². The molecule has 0 heterocycles. The minimum atomic E-state index is -0.970. The smallest absolute Gasteiger partial charge is 0.335 e. The van der Waals surface area contributed by atoms with Crippen molar-refractivity contribution in [3.05, 3.63) is 29.8 Å². The van der Waals surface area contributed by atoms with Crippen molar-refractivity contribution in [1.82, 2.24) is 0 Å². The Hall–Kier alpha value is -1.84. The lowest BCUT2D eigenvalue weighted by atomic mass is 10.0. The molecule has 1 amide bonds. The van der Waals surface area contributed by atoms with E-state index < -0.39 is 5.97 Å². The van der Waals surface area contributed by atoms with Crippen LogP contribution in [0.1, 0.15) is 37.0 Å². The number of nitrogens with one attached hydrogen (secondary N) is 1. The molecule has 0 saturated carbocycles. The maximum Gasteiger partial charge on any atom is 0.335 e. The highest BCUT2D eigenvalue weighted by atomic mass is 16.4. The third kappa shape index (κ3) is 3.59. The second-order valence-corrected chi connectivity index (χ2v) is 3.89. The largest absolute Gasteiger partial charge is 0.478 e. The standard InChI is InChI=1S/C13H17NO3/c1-3-9(4-2)12(15)14-11-7-5-10(6-8-11)13(16)17/h5-9H,3-4H2,1-2H3,(H,14,15)(H,16,17). The quantitative estimate of drug-likeness (QED) is 0.824. The van der Waals surface area contributed by atoms with E-state index in [9.17, 15) is 9.59 Å². The summed E-state index contributed by atoms with van der Waals surface area (Å²) in [5.41, 5.74) is 0.845. The van der Waals surface area contributed by atoms with Gasteiger partial charge in [-0.3, -0.25) is 4.79 Å². The van der Waals surface area contributed by atoms with Crippen LogP contribution < -0.4 is 5.32 Å². The molecule has 0 radical (unpaired) electrons. The number of carbonyl (C=O) groups excluding carboxylic acids is 1. The molecule has 0 fully saturated rings. The van der Waals surface area contributed by atoms with E-state index in [2.05, 4.69) is 5.32 Å². The van der Waals surface area contributed by atoms with Gasteiger partial charge in [0.1, 0.15) is 0 Å². The van der Waals surface area contributed by atoms with Crippen molar-refractivity contribution in [3.63, 3.8) is 0 Å². The van der Waals surface area contributed by atoms with E-state index in [-0.39, 0.29) is 17.4 Å². The van der Waals surface area contributed by atoms with Crippen molar-refractivity contribution >= 4 is 17.6 Å². The first kappa shape index (κ1) is 13.2. The first-order chi connectivity index (χ1) is 8.08. The molecule has 0 aliphatic rings. The first-order valence-corrected chi connectivity index (χ1v) is 5.72. The van der Waals surface area contributed by atoms with Crippen molar-refractivity contribution < 1.29 is 14.7 Å². The number of carboxylic acids is 1. The molecule has 0 atom stereocenters. The monoisotopic (exact) mass is 235 g/mol. The number of hydrogen-bond acceptors (Lipinski definition) is 2. The minimum absolute atomic E-state index is 0.00847. The summed E-state index contributed by atoms with van der Waals surface area (Å²) in [5.74, 6) is -0.977. The van der Waals surface area contributed by atoms with Crippen LogP contribution in [0.25, 0.3) is 0 Å². The zero-order valence-electron chi connectivity index (χ0n) is 10.1. The van der Waals surface area contributed by atoms with E-state index in [1.54, 1.807) is 12.1 Å². The molecule has 4 nitrogen and oxygen atoms in total. The summed E-state index contributed by atoms with van der Waals surface area (Å²) in [6.07, 6.45) is 1.60. The normalized spacial score (nSPS) is 10.3. The number of carboxylic acid groups (broad SMARTS) is 1. The Bertz CT molecular complexity index is 394. The summed E-state index contributed by atoms with van der Waals surface area (Å²) in [6, 6.07) is 6.16. The fraction of sp³-hybridized carbons (Fsp3) is 0.385. The number of anilines is 1. The van der Waals surface area contributed by atoms with Gasteiger partial charge in [0.05, 0.1) is 5.56 Å². The Morgan fingerprint density at radius 2 is 1.71 bits per heavy atom. The zero-order chi connectivity index (χ0) is 12.8. The second-order valence-electron chi connectivity index (χ2n) is 3.89. The highest BCUT2D eigenvalue weighted by Gasteiger charge is 2.14. The fourth-order valence-corrected chi connectivity index (χ4v) is 1.60. The zero-order valence-corrected chi connectivity index (χ0v) is 10.1. The third-order valence-corrected chi connectivity index (χ3v) is 2.76. The Morgan fingerprint density at radius 1 is 1.18 bits per heavy atom. The summed E-state index contributed by atoms with van der Waals surface area (Å²) >= 11 is 0. The number of aromatic carboxylic acids is 1. The van der Waals surface area contributed by atoms with Gasteiger partial charge >= 0.3 is 5.97 Å². The molecule has 0 aromatic heterocycles. The number of rotatable bonds is 5. The van der Waals surface area contributed by atoms with Crippen LogP contribution in [0.5, 0.6) is 0 Å². The fourth-order valence-electron chi connectivity index (χ4n) is 1.60. The van der Waals surface area contributed by atoms with Crippen molar-refractivity contribution in [2.75, 3.05) is 5.32 Å². The first-order valence-electron chi connectivity index (χ1n) is 5.72. The molecule has 1 aromatic rings. The summed E-state index contributed by atoms with van der Waals surface area (Å²) < 4.78 is 0. The summed E-state index contributed by atoms with van der Waals surface area (Å²) in [4.78, 5) is 22.4. The van der Waals surface area contributed by atoms with Gasteiger partial charge in [-0.05, 0) is 37.1 Å². The van der Waals surface area contributed by atoms with Crippen LogP contribution in [0, 0.1) is 5.92 Å². The van der Waals surface area contributed by atoms with Gasteiger partial charge in [-0.15, -0.1) is 0 Å². The van der Waals surface area contributed by atoms with Crippen LogP contribution in [-0.4, -0.2) is 17.0 Å². The Balaban J connectivity index is 2.69. The van der Waals surface area contributed by atoms with E-state index in [0.717, 1.165) is 12.8 Å². The van der Waals surface area contributed by atoms with E-state index in [1.165, 1.54) is 12.1 Å². The van der Waals surface area contributed by atoms with Crippen LogP contribution in [0.2, 0.25) is 0 Å². The SMILES string of the molecule is CCC(CC)C(=O)Nc1ccc(C(=O)O)cc1. The average molecular weight is 235 g/mol. The summed E-state index contributed by atoms with van der Waals surface area (Å²) in [5, 5.41) is 11.5. The van der Waals surface area contributed by atoms with E-state index in [0.29, 0.717) is 5.69 Å². The summed E-state index contributed by atoms with van der Waals surface area (Å²) in [7, 11) is 0. The molecule has 0 aliphatic heterocycles. The Labute approximate surface area is 101 Å². The lowest BCUT2D eigenvalue weighted by Gasteiger charge is -2.12. The lowest BCUT2D eigenvalue weighted by molar-refractivity contribution is -0.120. The molecule has 0 saturated heterocycles. The van der Waals surface area contributed by atoms with Crippen LogP contribution >= 0.6 is 0 Å². The van der Waals surface area contributed by atoms with Crippen LogP contribution in [0.4, 0.5) is 5.69 Å².